The van der Waals surface area contributed by atoms with Crippen molar-refractivity contribution < 1.29 is 9.18 Å². The van der Waals surface area contributed by atoms with Crippen LogP contribution in [-0.2, 0) is 11.2 Å². The molecule has 0 bridgehead atoms. The lowest BCUT2D eigenvalue weighted by Gasteiger charge is -2.12. The van der Waals surface area contributed by atoms with E-state index in [4.69, 9.17) is 11.6 Å². The van der Waals surface area contributed by atoms with E-state index in [1.54, 1.807) is 12.1 Å². The van der Waals surface area contributed by atoms with Crippen molar-refractivity contribution in [3.8, 4) is 5.69 Å². The summed E-state index contributed by atoms with van der Waals surface area (Å²) >= 11 is 7.28. The quantitative estimate of drug-likeness (QED) is 0.605. The zero-order chi connectivity index (χ0) is 19.9. The summed E-state index contributed by atoms with van der Waals surface area (Å²) in [6, 6.07) is 6.16. The number of carbonyl (C=O) groups excluding carboxylic acids is 1. The lowest BCUT2D eigenvalue weighted by molar-refractivity contribution is -0.121. The smallest absolute Gasteiger partial charge is 0.220 e. The van der Waals surface area contributed by atoms with E-state index in [9.17, 15) is 9.18 Å². The molecule has 0 atom stereocenters. The van der Waals surface area contributed by atoms with Gasteiger partial charge >= 0.3 is 0 Å². The topological polar surface area (TPSA) is 59.8 Å². The van der Waals surface area contributed by atoms with E-state index in [1.807, 2.05) is 4.57 Å². The first-order valence-electron chi connectivity index (χ1n) is 9.46. The third kappa shape index (κ3) is 5.82. The summed E-state index contributed by atoms with van der Waals surface area (Å²) in [5.41, 5.74) is 0.765. The van der Waals surface area contributed by atoms with Gasteiger partial charge in [0.25, 0.3) is 0 Å². The number of rotatable bonds is 9. The highest BCUT2D eigenvalue weighted by molar-refractivity contribution is 7.99. The van der Waals surface area contributed by atoms with Gasteiger partial charge in [-0.2, -0.15) is 0 Å². The second kappa shape index (κ2) is 10.1. The molecule has 1 aromatic heterocycles. The van der Waals surface area contributed by atoms with E-state index in [-0.39, 0.29) is 11.7 Å². The third-order valence-electron chi connectivity index (χ3n) is 4.76. The first-order valence-corrected chi connectivity index (χ1v) is 10.8. The largest absolute Gasteiger partial charge is 0.356 e. The number of carbonyl (C=O) groups is 1. The van der Waals surface area contributed by atoms with Crippen LogP contribution in [0.4, 0.5) is 4.39 Å². The Morgan fingerprint density at radius 2 is 2.00 bits per heavy atom. The molecule has 8 heteroatoms. The van der Waals surface area contributed by atoms with Gasteiger partial charge in [0.1, 0.15) is 11.6 Å². The Labute approximate surface area is 173 Å². The van der Waals surface area contributed by atoms with E-state index >= 15 is 0 Å². The molecule has 1 heterocycles. The molecule has 1 fully saturated rings. The summed E-state index contributed by atoms with van der Waals surface area (Å²) in [6.45, 7) is 4.18. The fraction of sp³-hybridized carbons (Fsp3) is 0.450. The standard InChI is InChI=1S/C20H24ClFN4OS/c1-14(21)13-28-20-25-24-18(26(20)17-8-6-16(22)7-9-17)10-11-23-19(27)12-15-4-2-3-5-15/h6-9,15H,1-5,10-13H2,(H,23,27). The first-order chi connectivity index (χ1) is 13.5. The molecule has 2 aromatic rings. The molecule has 28 heavy (non-hydrogen) atoms. The predicted molar refractivity (Wildman–Crippen MR) is 110 cm³/mol. The summed E-state index contributed by atoms with van der Waals surface area (Å²) in [7, 11) is 0. The molecule has 1 amide bonds. The van der Waals surface area contributed by atoms with Crippen molar-refractivity contribution in [1.82, 2.24) is 20.1 Å². The number of hydrogen-bond donors (Lipinski definition) is 1. The molecule has 5 nitrogen and oxygen atoms in total. The van der Waals surface area contributed by atoms with Crippen LogP contribution in [0.15, 0.2) is 41.0 Å². The fourth-order valence-electron chi connectivity index (χ4n) is 3.41. The number of benzene rings is 1. The third-order valence-corrected chi connectivity index (χ3v) is 6.07. The normalized spacial score (nSPS) is 14.4. The number of halogens is 2. The van der Waals surface area contributed by atoms with Gasteiger partial charge in [-0.05, 0) is 43.0 Å². The van der Waals surface area contributed by atoms with Gasteiger partial charge in [-0.25, -0.2) is 4.39 Å². The Bertz CT molecular complexity index is 818. The summed E-state index contributed by atoms with van der Waals surface area (Å²) < 4.78 is 15.2. The molecule has 1 aliphatic rings. The number of thioether (sulfide) groups is 1. The molecule has 1 aliphatic carbocycles. The minimum atomic E-state index is -0.305. The zero-order valence-corrected chi connectivity index (χ0v) is 17.2. The highest BCUT2D eigenvalue weighted by atomic mass is 35.5. The van der Waals surface area contributed by atoms with Crippen molar-refractivity contribution in [3.63, 3.8) is 0 Å². The maximum Gasteiger partial charge on any atom is 0.220 e. The van der Waals surface area contributed by atoms with Gasteiger partial charge in [-0.1, -0.05) is 42.8 Å². The Morgan fingerprint density at radius 3 is 2.68 bits per heavy atom. The van der Waals surface area contributed by atoms with E-state index in [0.717, 1.165) is 18.5 Å². The van der Waals surface area contributed by atoms with E-state index in [0.29, 0.717) is 47.1 Å². The van der Waals surface area contributed by atoms with Gasteiger partial charge in [-0.15, -0.1) is 10.2 Å². The van der Waals surface area contributed by atoms with Crippen molar-refractivity contribution in [3.05, 3.63) is 47.5 Å². The van der Waals surface area contributed by atoms with Crippen molar-refractivity contribution in [2.24, 2.45) is 5.92 Å². The van der Waals surface area contributed by atoms with Crippen molar-refractivity contribution in [2.45, 2.75) is 43.7 Å². The maximum absolute atomic E-state index is 13.3. The fourth-order valence-corrected chi connectivity index (χ4v) is 4.30. The Morgan fingerprint density at radius 1 is 1.29 bits per heavy atom. The van der Waals surface area contributed by atoms with Crippen molar-refractivity contribution >= 4 is 29.3 Å². The number of nitrogens with zero attached hydrogens (tertiary/aromatic N) is 3. The second-order valence-electron chi connectivity index (χ2n) is 6.97. The van der Waals surface area contributed by atoms with Gasteiger partial charge < -0.3 is 5.32 Å². The molecule has 1 aromatic carbocycles. The average molecular weight is 423 g/mol. The van der Waals surface area contributed by atoms with Crippen LogP contribution in [0, 0.1) is 11.7 Å². The lowest BCUT2D eigenvalue weighted by Crippen LogP contribution is -2.27. The van der Waals surface area contributed by atoms with Crippen LogP contribution in [0.1, 0.15) is 37.9 Å². The highest BCUT2D eigenvalue weighted by Crippen LogP contribution is 2.27. The monoisotopic (exact) mass is 422 g/mol. The van der Waals surface area contributed by atoms with E-state index in [1.165, 1.54) is 36.7 Å². The van der Waals surface area contributed by atoms with Crippen LogP contribution < -0.4 is 5.32 Å². The second-order valence-corrected chi connectivity index (χ2v) is 8.45. The van der Waals surface area contributed by atoms with Crippen molar-refractivity contribution in [1.29, 1.82) is 0 Å². The summed E-state index contributed by atoms with van der Waals surface area (Å²) in [4.78, 5) is 12.1. The van der Waals surface area contributed by atoms with Crippen LogP contribution in [0.2, 0.25) is 0 Å². The molecule has 1 saturated carbocycles. The van der Waals surface area contributed by atoms with Crippen LogP contribution in [0.5, 0.6) is 0 Å². The predicted octanol–water partition coefficient (Wildman–Crippen LogP) is 4.49. The van der Waals surface area contributed by atoms with E-state index < -0.39 is 0 Å². The van der Waals surface area contributed by atoms with Gasteiger partial charge in [0.15, 0.2) is 5.16 Å². The highest BCUT2D eigenvalue weighted by Gasteiger charge is 2.19. The molecular weight excluding hydrogens is 399 g/mol. The molecule has 3 rings (SSSR count). The first kappa shape index (κ1) is 20.9. The molecule has 0 radical (unpaired) electrons. The minimum Gasteiger partial charge on any atom is -0.356 e. The Hall–Kier alpha value is -1.86. The Balaban J connectivity index is 1.66. The minimum absolute atomic E-state index is 0.0905. The zero-order valence-electron chi connectivity index (χ0n) is 15.7. The summed E-state index contributed by atoms with van der Waals surface area (Å²) in [6.07, 6.45) is 5.89. The molecular formula is C20H24ClFN4OS. The number of amides is 1. The van der Waals surface area contributed by atoms with Gasteiger partial charge in [0.2, 0.25) is 5.91 Å². The number of nitrogens with one attached hydrogen (secondary N) is 1. The molecule has 0 spiro atoms. The lowest BCUT2D eigenvalue weighted by atomic mass is 10.0. The van der Waals surface area contributed by atoms with Crippen LogP contribution in [0.25, 0.3) is 5.69 Å². The van der Waals surface area contributed by atoms with Gasteiger partial charge in [0.05, 0.1) is 0 Å². The van der Waals surface area contributed by atoms with Crippen LogP contribution >= 0.6 is 23.4 Å². The van der Waals surface area contributed by atoms with Crippen LogP contribution in [-0.4, -0.2) is 33.0 Å². The van der Waals surface area contributed by atoms with E-state index in [2.05, 4.69) is 22.1 Å². The molecule has 1 N–H and O–H groups in total. The molecule has 0 saturated heterocycles. The summed E-state index contributed by atoms with van der Waals surface area (Å²) in [5, 5.41) is 12.7. The van der Waals surface area contributed by atoms with Crippen molar-refractivity contribution in [2.75, 3.05) is 12.3 Å². The molecule has 150 valence electrons. The average Bonchev–Trinajstić information content (AvgIpc) is 3.30. The number of hydrogen-bond acceptors (Lipinski definition) is 4. The number of aromatic nitrogens is 3. The SMILES string of the molecule is C=C(Cl)CSc1nnc(CCNC(=O)CC2CCCC2)n1-c1ccc(F)cc1. The molecule has 0 aliphatic heterocycles. The van der Waals surface area contributed by atoms with Crippen LogP contribution in [0.3, 0.4) is 0 Å². The Kier molecular flexibility index (Phi) is 7.50. The maximum atomic E-state index is 13.3. The molecule has 0 unspecified atom stereocenters. The van der Waals surface area contributed by atoms with Gasteiger partial charge in [0, 0.05) is 35.9 Å². The summed E-state index contributed by atoms with van der Waals surface area (Å²) in [5.74, 6) is 1.51. The van der Waals surface area contributed by atoms with Gasteiger partial charge in [-0.3, -0.25) is 9.36 Å².